The summed E-state index contributed by atoms with van der Waals surface area (Å²) in [5.41, 5.74) is 1.91. The molecule has 1 heterocycles. The van der Waals surface area contributed by atoms with E-state index >= 15 is 0 Å². The normalized spacial score (nSPS) is 16.7. The quantitative estimate of drug-likeness (QED) is 0.821. The van der Waals surface area contributed by atoms with Crippen LogP contribution in [0.5, 0.6) is 5.75 Å². The van der Waals surface area contributed by atoms with Crippen LogP contribution in [0.15, 0.2) is 48.5 Å². The van der Waals surface area contributed by atoms with E-state index < -0.39 is 0 Å². The van der Waals surface area contributed by atoms with Crippen molar-refractivity contribution in [2.24, 2.45) is 0 Å². The smallest absolute Gasteiger partial charge is 0.238 e. The first kappa shape index (κ1) is 19.7. The van der Waals surface area contributed by atoms with Crippen LogP contribution in [0.4, 0.5) is 5.69 Å². The van der Waals surface area contributed by atoms with E-state index in [1.807, 2.05) is 42.5 Å². The number of methoxy groups -OCH3 is 1. The molecule has 5 nitrogen and oxygen atoms in total. The Morgan fingerprint density at radius 3 is 2.59 bits per heavy atom. The van der Waals surface area contributed by atoms with Gasteiger partial charge in [-0.1, -0.05) is 35.9 Å². The minimum Gasteiger partial charge on any atom is -0.497 e. The van der Waals surface area contributed by atoms with Gasteiger partial charge in [-0.2, -0.15) is 0 Å². The van der Waals surface area contributed by atoms with Gasteiger partial charge >= 0.3 is 0 Å². The largest absolute Gasteiger partial charge is 0.497 e. The molecule has 1 aliphatic heterocycles. The fourth-order valence-electron chi connectivity index (χ4n) is 3.42. The highest BCUT2D eigenvalue weighted by atomic mass is 35.5. The number of nitrogens with one attached hydrogen (secondary N) is 1. The number of halogens is 1. The molecule has 144 valence electrons. The van der Waals surface area contributed by atoms with Gasteiger partial charge in [-0.25, -0.2) is 0 Å². The number of carbonyl (C=O) groups excluding carboxylic acids is 1. The van der Waals surface area contributed by atoms with Gasteiger partial charge in [0.1, 0.15) is 5.75 Å². The van der Waals surface area contributed by atoms with Crippen LogP contribution < -0.4 is 10.1 Å². The summed E-state index contributed by atoms with van der Waals surface area (Å²) in [6.45, 7) is 6.14. The van der Waals surface area contributed by atoms with E-state index in [1.165, 1.54) is 0 Å². The third-order valence-corrected chi connectivity index (χ3v) is 5.37. The lowest BCUT2D eigenvalue weighted by atomic mass is 10.1. The Morgan fingerprint density at radius 1 is 1.15 bits per heavy atom. The van der Waals surface area contributed by atoms with Gasteiger partial charge in [-0.3, -0.25) is 14.6 Å². The van der Waals surface area contributed by atoms with Crippen molar-refractivity contribution in [2.45, 2.75) is 13.0 Å². The second kappa shape index (κ2) is 9.22. The van der Waals surface area contributed by atoms with Crippen molar-refractivity contribution in [1.82, 2.24) is 9.80 Å². The molecule has 2 aromatic carbocycles. The van der Waals surface area contributed by atoms with Crippen LogP contribution in [-0.2, 0) is 4.79 Å². The average molecular weight is 388 g/mol. The van der Waals surface area contributed by atoms with Gasteiger partial charge in [0.15, 0.2) is 0 Å². The topological polar surface area (TPSA) is 44.8 Å². The molecule has 0 radical (unpaired) electrons. The molecule has 0 aromatic heterocycles. The van der Waals surface area contributed by atoms with Crippen LogP contribution in [0.2, 0.25) is 5.02 Å². The molecule has 1 N–H and O–H groups in total. The first-order valence-corrected chi connectivity index (χ1v) is 9.59. The molecule has 2 aromatic rings. The number of amides is 1. The Bertz CT molecular complexity index is 776. The molecule has 6 heteroatoms. The first-order chi connectivity index (χ1) is 13.1. The van der Waals surface area contributed by atoms with E-state index in [-0.39, 0.29) is 11.9 Å². The molecule has 0 bridgehead atoms. The monoisotopic (exact) mass is 387 g/mol. The van der Waals surface area contributed by atoms with Crippen molar-refractivity contribution >= 4 is 23.2 Å². The van der Waals surface area contributed by atoms with Gasteiger partial charge in [0.25, 0.3) is 0 Å². The third kappa shape index (κ3) is 5.22. The van der Waals surface area contributed by atoms with Gasteiger partial charge < -0.3 is 10.1 Å². The van der Waals surface area contributed by atoms with Crippen LogP contribution in [-0.4, -0.2) is 55.5 Å². The lowest BCUT2D eigenvalue weighted by Gasteiger charge is -2.38. The number of benzene rings is 2. The van der Waals surface area contributed by atoms with Crippen LogP contribution in [0.25, 0.3) is 0 Å². The molecule has 1 unspecified atom stereocenters. The molecule has 1 fully saturated rings. The van der Waals surface area contributed by atoms with E-state index in [0.29, 0.717) is 6.54 Å². The number of ether oxygens (including phenoxy) is 1. The molecule has 1 atom stereocenters. The zero-order chi connectivity index (χ0) is 19.2. The molecular formula is C21H26ClN3O2. The Hall–Kier alpha value is -2.08. The molecule has 0 saturated carbocycles. The summed E-state index contributed by atoms with van der Waals surface area (Å²) in [5.74, 6) is 0.728. The van der Waals surface area contributed by atoms with Crippen molar-refractivity contribution in [1.29, 1.82) is 0 Å². The standard InChI is InChI=1S/C21H26ClN3O2/c1-16(19-8-3-4-9-20(19)22)25-12-10-24(11-13-25)15-21(26)23-17-6-5-7-18(14-17)27-2/h3-9,14,16H,10-13,15H2,1-2H3,(H,23,26). The maximum Gasteiger partial charge on any atom is 0.238 e. The maximum absolute atomic E-state index is 12.3. The Morgan fingerprint density at radius 2 is 1.89 bits per heavy atom. The summed E-state index contributed by atoms with van der Waals surface area (Å²) in [5, 5.41) is 3.75. The number of anilines is 1. The van der Waals surface area contributed by atoms with Crippen LogP contribution in [0.1, 0.15) is 18.5 Å². The average Bonchev–Trinajstić information content (AvgIpc) is 2.68. The Balaban J connectivity index is 1.49. The summed E-state index contributed by atoms with van der Waals surface area (Å²) in [6, 6.07) is 15.7. The first-order valence-electron chi connectivity index (χ1n) is 9.21. The highest BCUT2D eigenvalue weighted by molar-refractivity contribution is 6.31. The van der Waals surface area contributed by atoms with Gasteiger partial charge in [0, 0.05) is 49.0 Å². The van der Waals surface area contributed by atoms with E-state index in [4.69, 9.17) is 16.3 Å². The van der Waals surface area contributed by atoms with E-state index in [2.05, 4.69) is 28.1 Å². The maximum atomic E-state index is 12.3. The minimum absolute atomic E-state index is 0.00384. The molecule has 0 spiro atoms. The Kier molecular flexibility index (Phi) is 6.72. The second-order valence-corrected chi connectivity index (χ2v) is 7.20. The summed E-state index contributed by atoms with van der Waals surface area (Å²) in [7, 11) is 1.62. The second-order valence-electron chi connectivity index (χ2n) is 6.79. The molecule has 0 aliphatic carbocycles. The number of hydrogen-bond acceptors (Lipinski definition) is 4. The summed E-state index contributed by atoms with van der Waals surface area (Å²) in [4.78, 5) is 16.9. The highest BCUT2D eigenvalue weighted by Crippen LogP contribution is 2.27. The lowest BCUT2D eigenvalue weighted by Crippen LogP contribution is -2.49. The predicted octanol–water partition coefficient (Wildman–Crippen LogP) is 3.67. The van der Waals surface area contributed by atoms with Crippen LogP contribution in [0.3, 0.4) is 0 Å². The predicted molar refractivity (Wildman–Crippen MR) is 110 cm³/mol. The molecule has 1 saturated heterocycles. The molecule has 27 heavy (non-hydrogen) atoms. The van der Waals surface area contributed by atoms with Crippen molar-refractivity contribution < 1.29 is 9.53 Å². The molecular weight excluding hydrogens is 362 g/mol. The summed E-state index contributed by atoms with van der Waals surface area (Å²) >= 11 is 6.34. The third-order valence-electron chi connectivity index (χ3n) is 5.03. The molecule has 3 rings (SSSR count). The number of piperazine rings is 1. The highest BCUT2D eigenvalue weighted by Gasteiger charge is 2.24. The molecule has 1 aliphatic rings. The van der Waals surface area contributed by atoms with Crippen LogP contribution >= 0.6 is 11.6 Å². The lowest BCUT2D eigenvalue weighted by molar-refractivity contribution is -0.117. The van der Waals surface area contributed by atoms with Gasteiger partial charge in [-0.15, -0.1) is 0 Å². The summed E-state index contributed by atoms with van der Waals surface area (Å²) < 4.78 is 5.19. The number of hydrogen-bond donors (Lipinski definition) is 1. The van der Waals surface area contributed by atoms with Gasteiger partial charge in [0.05, 0.1) is 13.7 Å². The summed E-state index contributed by atoms with van der Waals surface area (Å²) in [6.07, 6.45) is 0. The van der Waals surface area contributed by atoms with Gasteiger partial charge in [-0.05, 0) is 30.7 Å². The van der Waals surface area contributed by atoms with Crippen LogP contribution in [0, 0.1) is 0 Å². The van der Waals surface area contributed by atoms with Crippen molar-refractivity contribution in [2.75, 3.05) is 45.2 Å². The van der Waals surface area contributed by atoms with E-state index in [0.717, 1.165) is 48.2 Å². The number of carbonyl (C=O) groups is 1. The Labute approximate surface area is 165 Å². The minimum atomic E-state index is -0.00384. The van der Waals surface area contributed by atoms with E-state index in [9.17, 15) is 4.79 Å². The fourth-order valence-corrected chi connectivity index (χ4v) is 3.72. The number of rotatable bonds is 6. The molecule has 1 amide bonds. The number of nitrogens with zero attached hydrogens (tertiary/aromatic N) is 2. The zero-order valence-corrected chi connectivity index (χ0v) is 16.6. The zero-order valence-electron chi connectivity index (χ0n) is 15.8. The van der Waals surface area contributed by atoms with Crippen molar-refractivity contribution in [3.8, 4) is 5.75 Å². The SMILES string of the molecule is COc1cccc(NC(=O)CN2CCN(C(C)c3ccccc3Cl)CC2)c1. The van der Waals surface area contributed by atoms with Gasteiger partial charge in [0.2, 0.25) is 5.91 Å². The fraction of sp³-hybridized carbons (Fsp3) is 0.381. The van der Waals surface area contributed by atoms with Crippen molar-refractivity contribution in [3.05, 3.63) is 59.1 Å². The van der Waals surface area contributed by atoms with E-state index in [1.54, 1.807) is 7.11 Å². The van der Waals surface area contributed by atoms with Crippen molar-refractivity contribution in [3.63, 3.8) is 0 Å².